The van der Waals surface area contributed by atoms with Crippen LogP contribution in [0.2, 0.25) is 0 Å². The average Bonchev–Trinajstić information content (AvgIpc) is 3.32. The maximum atomic E-state index is 13.5. The van der Waals surface area contributed by atoms with Gasteiger partial charge in [0, 0.05) is 23.7 Å². The van der Waals surface area contributed by atoms with Crippen molar-refractivity contribution in [3.63, 3.8) is 0 Å². The van der Waals surface area contributed by atoms with Gasteiger partial charge in [0.2, 0.25) is 5.78 Å². The number of Topliss-reactive ketones (excluding diaryl/α,β-unsaturated/α-hetero) is 1. The standard InChI is InChI=1S/C23H22FNO3/c1-14-22-16(12-25(13-27-22)18-7-2-3-8-18)11-19-21(26)20(28-23(14)19)10-15-5-4-6-17(24)9-15/h4-6,9-11,18H,2-3,7-8,12-13H2,1H3/b20-10-. The van der Waals surface area contributed by atoms with E-state index >= 15 is 0 Å². The number of benzene rings is 2. The second-order valence-electron chi connectivity index (χ2n) is 7.82. The van der Waals surface area contributed by atoms with Gasteiger partial charge in [0.25, 0.3) is 0 Å². The van der Waals surface area contributed by atoms with Crippen molar-refractivity contribution < 1.29 is 18.7 Å². The SMILES string of the molecule is Cc1c2c(cc3c1O/C(=C\c1cccc(F)c1)C3=O)CN(C1CCCC1)CO2. The fourth-order valence-electron chi connectivity index (χ4n) is 4.52. The minimum Gasteiger partial charge on any atom is -0.477 e. The molecule has 1 fully saturated rings. The third kappa shape index (κ3) is 2.90. The molecule has 2 heterocycles. The van der Waals surface area contributed by atoms with E-state index in [1.165, 1.54) is 37.8 Å². The number of carbonyl (C=O) groups excluding carboxylic acids is 1. The van der Waals surface area contributed by atoms with E-state index in [1.54, 1.807) is 18.2 Å². The van der Waals surface area contributed by atoms with Crippen LogP contribution in [0.3, 0.4) is 0 Å². The molecule has 0 saturated heterocycles. The Morgan fingerprint density at radius 2 is 2.00 bits per heavy atom. The summed E-state index contributed by atoms with van der Waals surface area (Å²) in [5.74, 6) is 1.10. The summed E-state index contributed by atoms with van der Waals surface area (Å²) in [5.41, 5.74) is 3.06. The van der Waals surface area contributed by atoms with Crippen LogP contribution in [0.15, 0.2) is 36.1 Å². The highest BCUT2D eigenvalue weighted by atomic mass is 19.1. The van der Waals surface area contributed by atoms with E-state index in [4.69, 9.17) is 9.47 Å². The lowest BCUT2D eigenvalue weighted by molar-refractivity contribution is 0.0570. The molecule has 0 unspecified atom stereocenters. The number of ether oxygens (including phenoxy) is 2. The molecule has 4 nitrogen and oxygen atoms in total. The highest BCUT2D eigenvalue weighted by molar-refractivity contribution is 6.15. The van der Waals surface area contributed by atoms with Crippen LogP contribution < -0.4 is 9.47 Å². The Morgan fingerprint density at radius 1 is 1.18 bits per heavy atom. The van der Waals surface area contributed by atoms with Gasteiger partial charge in [-0.2, -0.15) is 0 Å². The second-order valence-corrected chi connectivity index (χ2v) is 7.82. The number of carbonyl (C=O) groups is 1. The number of hydrogen-bond donors (Lipinski definition) is 0. The molecular weight excluding hydrogens is 357 g/mol. The lowest BCUT2D eigenvalue weighted by Gasteiger charge is -2.34. The number of fused-ring (bicyclic) bond motifs is 2. The normalized spacial score (nSPS) is 20.8. The Hall–Kier alpha value is -2.66. The van der Waals surface area contributed by atoms with Gasteiger partial charge >= 0.3 is 0 Å². The Labute approximate surface area is 163 Å². The molecule has 1 aliphatic carbocycles. The number of hydrogen-bond acceptors (Lipinski definition) is 4. The van der Waals surface area contributed by atoms with Gasteiger partial charge in [-0.25, -0.2) is 4.39 Å². The predicted octanol–water partition coefficient (Wildman–Crippen LogP) is 4.84. The second kappa shape index (κ2) is 6.74. The third-order valence-electron chi connectivity index (χ3n) is 5.95. The molecule has 0 amide bonds. The van der Waals surface area contributed by atoms with Crippen molar-refractivity contribution in [1.29, 1.82) is 0 Å². The minimum atomic E-state index is -0.343. The zero-order valence-electron chi connectivity index (χ0n) is 15.8. The summed E-state index contributed by atoms with van der Waals surface area (Å²) in [5, 5.41) is 0. The van der Waals surface area contributed by atoms with Gasteiger partial charge in [-0.3, -0.25) is 9.69 Å². The maximum Gasteiger partial charge on any atom is 0.231 e. The zero-order chi connectivity index (χ0) is 19.3. The molecule has 0 aromatic heterocycles. The summed E-state index contributed by atoms with van der Waals surface area (Å²) < 4.78 is 25.4. The molecule has 2 aromatic carbocycles. The van der Waals surface area contributed by atoms with E-state index in [1.807, 2.05) is 13.0 Å². The summed E-state index contributed by atoms with van der Waals surface area (Å²) in [6.45, 7) is 3.31. The molecule has 1 saturated carbocycles. The van der Waals surface area contributed by atoms with Crippen molar-refractivity contribution in [2.45, 2.75) is 45.2 Å². The average molecular weight is 379 g/mol. The van der Waals surface area contributed by atoms with Gasteiger partial charge in [-0.05, 0) is 49.6 Å². The van der Waals surface area contributed by atoms with E-state index in [0.717, 1.165) is 23.4 Å². The molecule has 5 rings (SSSR count). The van der Waals surface area contributed by atoms with Crippen LogP contribution in [0.1, 0.15) is 52.7 Å². The number of nitrogens with zero attached hydrogens (tertiary/aromatic N) is 1. The topological polar surface area (TPSA) is 38.8 Å². The molecule has 2 aliphatic heterocycles. The lowest BCUT2D eigenvalue weighted by atomic mass is 9.99. The monoisotopic (exact) mass is 379 g/mol. The van der Waals surface area contributed by atoms with Crippen LogP contribution in [0.5, 0.6) is 11.5 Å². The zero-order valence-corrected chi connectivity index (χ0v) is 15.8. The molecule has 3 aliphatic rings. The number of halogens is 1. The number of ketones is 1. The fraction of sp³-hybridized carbons (Fsp3) is 0.348. The van der Waals surface area contributed by atoms with Crippen LogP contribution in [0, 0.1) is 12.7 Å². The fourth-order valence-corrected chi connectivity index (χ4v) is 4.52. The van der Waals surface area contributed by atoms with Crippen molar-refractivity contribution in [2.24, 2.45) is 0 Å². The van der Waals surface area contributed by atoms with Crippen molar-refractivity contribution in [2.75, 3.05) is 6.73 Å². The molecule has 0 atom stereocenters. The molecule has 2 aromatic rings. The minimum absolute atomic E-state index is 0.164. The molecule has 0 bridgehead atoms. The Kier molecular flexibility index (Phi) is 4.20. The van der Waals surface area contributed by atoms with Crippen molar-refractivity contribution in [3.05, 3.63) is 64.2 Å². The summed E-state index contributed by atoms with van der Waals surface area (Å²) in [7, 11) is 0. The largest absolute Gasteiger partial charge is 0.477 e. The van der Waals surface area contributed by atoms with Gasteiger partial charge in [-0.15, -0.1) is 0 Å². The molecule has 0 spiro atoms. The predicted molar refractivity (Wildman–Crippen MR) is 104 cm³/mol. The Morgan fingerprint density at radius 3 is 2.79 bits per heavy atom. The first kappa shape index (κ1) is 17.4. The van der Waals surface area contributed by atoms with E-state index in [0.29, 0.717) is 29.6 Å². The first-order valence-corrected chi connectivity index (χ1v) is 9.83. The lowest BCUT2D eigenvalue weighted by Crippen LogP contribution is -2.39. The van der Waals surface area contributed by atoms with Gasteiger partial charge in [-0.1, -0.05) is 25.0 Å². The Bertz CT molecular complexity index is 992. The Balaban J connectivity index is 1.47. The van der Waals surface area contributed by atoms with Crippen LogP contribution in [-0.4, -0.2) is 23.5 Å². The van der Waals surface area contributed by atoms with Crippen LogP contribution in [0.25, 0.3) is 6.08 Å². The van der Waals surface area contributed by atoms with Gasteiger partial charge in [0.05, 0.1) is 5.56 Å². The maximum absolute atomic E-state index is 13.5. The first-order valence-electron chi connectivity index (χ1n) is 9.83. The molecular formula is C23H22FNO3. The summed E-state index contributed by atoms with van der Waals surface area (Å²) in [4.78, 5) is 15.3. The van der Waals surface area contributed by atoms with Gasteiger partial charge in [0.1, 0.15) is 24.0 Å². The molecule has 28 heavy (non-hydrogen) atoms. The molecule has 0 radical (unpaired) electrons. The van der Waals surface area contributed by atoms with E-state index in [-0.39, 0.29) is 17.4 Å². The highest BCUT2D eigenvalue weighted by Crippen LogP contribution is 2.44. The van der Waals surface area contributed by atoms with Crippen molar-refractivity contribution >= 4 is 11.9 Å². The smallest absolute Gasteiger partial charge is 0.231 e. The van der Waals surface area contributed by atoms with E-state index in [9.17, 15) is 9.18 Å². The molecule has 0 N–H and O–H groups in total. The van der Waals surface area contributed by atoms with Crippen LogP contribution >= 0.6 is 0 Å². The van der Waals surface area contributed by atoms with Crippen LogP contribution in [-0.2, 0) is 6.54 Å². The van der Waals surface area contributed by atoms with Gasteiger partial charge < -0.3 is 9.47 Å². The number of allylic oxidation sites excluding steroid dienone is 1. The first-order chi connectivity index (χ1) is 13.6. The van der Waals surface area contributed by atoms with Crippen LogP contribution in [0.4, 0.5) is 4.39 Å². The summed E-state index contributed by atoms with van der Waals surface area (Å²) >= 11 is 0. The van der Waals surface area contributed by atoms with Crippen molar-refractivity contribution in [3.8, 4) is 11.5 Å². The van der Waals surface area contributed by atoms with E-state index < -0.39 is 0 Å². The molecule has 5 heteroatoms. The quantitative estimate of drug-likeness (QED) is 0.700. The van der Waals surface area contributed by atoms with Crippen molar-refractivity contribution in [1.82, 2.24) is 4.90 Å². The molecule has 144 valence electrons. The summed E-state index contributed by atoms with van der Waals surface area (Å²) in [6, 6.07) is 8.59. The summed E-state index contributed by atoms with van der Waals surface area (Å²) in [6.07, 6.45) is 6.57. The van der Waals surface area contributed by atoms with E-state index in [2.05, 4.69) is 4.90 Å². The third-order valence-corrected chi connectivity index (χ3v) is 5.95. The van der Waals surface area contributed by atoms with Gasteiger partial charge in [0.15, 0.2) is 5.76 Å². The highest BCUT2D eigenvalue weighted by Gasteiger charge is 2.35. The number of rotatable bonds is 2.